The van der Waals surface area contributed by atoms with Gasteiger partial charge in [-0.05, 0) is 31.9 Å². The van der Waals surface area contributed by atoms with Crippen LogP contribution in [0.4, 0.5) is 8.78 Å². The number of nitrogens with zero attached hydrogens (tertiary/aromatic N) is 1. The molecule has 1 aromatic carbocycles. The van der Waals surface area contributed by atoms with Gasteiger partial charge in [0.25, 0.3) is 0 Å². The lowest BCUT2D eigenvalue weighted by Gasteiger charge is -2.29. The molecule has 1 amide bonds. The second-order valence-electron chi connectivity index (χ2n) is 5.56. The number of hydrogen-bond donors (Lipinski definition) is 1. The Balaban J connectivity index is 2.08. The van der Waals surface area contributed by atoms with E-state index in [1.54, 1.807) is 0 Å². The smallest absolute Gasteiger partial charge is 0.227 e. The van der Waals surface area contributed by atoms with E-state index in [2.05, 4.69) is 0 Å². The minimum Gasteiger partial charge on any atom is -0.339 e. The normalized spacial score (nSPS) is 15.4. The molecule has 1 aliphatic rings. The zero-order valence-corrected chi connectivity index (χ0v) is 12.2. The maximum Gasteiger partial charge on any atom is 0.227 e. The summed E-state index contributed by atoms with van der Waals surface area (Å²) < 4.78 is 26.9. The van der Waals surface area contributed by atoms with Gasteiger partial charge in [-0.1, -0.05) is 25.0 Å². The van der Waals surface area contributed by atoms with Crippen molar-refractivity contribution in [1.82, 2.24) is 4.90 Å². The summed E-state index contributed by atoms with van der Waals surface area (Å²) in [7, 11) is 0. The highest BCUT2D eigenvalue weighted by molar-refractivity contribution is 5.79. The quantitative estimate of drug-likeness (QED) is 0.877. The Bertz CT molecular complexity index is 487. The van der Waals surface area contributed by atoms with Crippen LogP contribution in [0.25, 0.3) is 0 Å². The van der Waals surface area contributed by atoms with Crippen LogP contribution in [0.15, 0.2) is 18.2 Å². The number of carbonyl (C=O) groups excluding carboxylic acids is 1. The number of hydrogen-bond acceptors (Lipinski definition) is 2. The highest BCUT2D eigenvalue weighted by Gasteiger charge is 2.26. The Morgan fingerprint density at radius 2 is 2.00 bits per heavy atom. The molecule has 1 aromatic rings. The average molecular weight is 296 g/mol. The van der Waals surface area contributed by atoms with Gasteiger partial charge in [0.1, 0.15) is 0 Å². The molecule has 116 valence electrons. The third-order valence-corrected chi connectivity index (χ3v) is 4.06. The van der Waals surface area contributed by atoms with Gasteiger partial charge in [0.15, 0.2) is 11.6 Å². The van der Waals surface area contributed by atoms with E-state index in [0.29, 0.717) is 13.1 Å². The summed E-state index contributed by atoms with van der Waals surface area (Å²) in [5, 5.41) is 0. The van der Waals surface area contributed by atoms with Gasteiger partial charge in [-0.25, -0.2) is 8.78 Å². The number of benzene rings is 1. The van der Waals surface area contributed by atoms with E-state index in [9.17, 15) is 13.6 Å². The second-order valence-corrected chi connectivity index (χ2v) is 5.56. The van der Waals surface area contributed by atoms with Crippen LogP contribution in [0.3, 0.4) is 0 Å². The Labute approximate surface area is 124 Å². The third kappa shape index (κ3) is 4.00. The van der Waals surface area contributed by atoms with E-state index in [1.807, 2.05) is 4.90 Å². The van der Waals surface area contributed by atoms with Crippen molar-refractivity contribution in [3.05, 3.63) is 35.4 Å². The van der Waals surface area contributed by atoms with Crippen molar-refractivity contribution >= 4 is 5.91 Å². The monoisotopic (exact) mass is 296 g/mol. The first-order chi connectivity index (χ1) is 10.1. The molecule has 21 heavy (non-hydrogen) atoms. The van der Waals surface area contributed by atoms with Gasteiger partial charge in [0, 0.05) is 18.2 Å². The van der Waals surface area contributed by atoms with Gasteiger partial charge < -0.3 is 10.6 Å². The fourth-order valence-corrected chi connectivity index (χ4v) is 2.94. The van der Waals surface area contributed by atoms with E-state index in [1.165, 1.54) is 12.1 Å². The molecule has 0 spiro atoms. The first-order valence-corrected chi connectivity index (χ1v) is 7.56. The fourth-order valence-electron chi connectivity index (χ4n) is 2.94. The largest absolute Gasteiger partial charge is 0.339 e. The van der Waals surface area contributed by atoms with Crippen LogP contribution in [0.2, 0.25) is 0 Å². The molecule has 3 nitrogen and oxygen atoms in total. The van der Waals surface area contributed by atoms with Crippen molar-refractivity contribution in [2.45, 2.75) is 44.6 Å². The van der Waals surface area contributed by atoms with Gasteiger partial charge in [-0.2, -0.15) is 0 Å². The lowest BCUT2D eigenvalue weighted by atomic mass is 10.1. The maximum absolute atomic E-state index is 13.7. The Kier molecular flexibility index (Phi) is 5.67. The lowest BCUT2D eigenvalue weighted by molar-refractivity contribution is -0.132. The molecule has 1 saturated carbocycles. The van der Waals surface area contributed by atoms with E-state index < -0.39 is 11.6 Å². The molecule has 0 radical (unpaired) electrons. The lowest BCUT2D eigenvalue weighted by Crippen LogP contribution is -2.41. The van der Waals surface area contributed by atoms with Crippen LogP contribution < -0.4 is 5.73 Å². The summed E-state index contributed by atoms with van der Waals surface area (Å²) in [4.78, 5) is 14.3. The van der Waals surface area contributed by atoms with Crippen LogP contribution in [0.1, 0.15) is 37.7 Å². The molecule has 5 heteroatoms. The highest BCUT2D eigenvalue weighted by Crippen LogP contribution is 2.24. The van der Waals surface area contributed by atoms with Crippen LogP contribution in [-0.2, 0) is 11.2 Å². The number of carbonyl (C=O) groups is 1. The number of rotatable bonds is 6. The summed E-state index contributed by atoms with van der Waals surface area (Å²) in [6.45, 7) is 1.11. The molecule has 0 unspecified atom stereocenters. The number of nitrogens with two attached hydrogens (primary N) is 1. The summed E-state index contributed by atoms with van der Waals surface area (Å²) in [6, 6.07) is 4.18. The molecule has 0 aliphatic heterocycles. The summed E-state index contributed by atoms with van der Waals surface area (Å²) >= 11 is 0. The maximum atomic E-state index is 13.7. The minimum absolute atomic E-state index is 0.0926. The zero-order chi connectivity index (χ0) is 15.2. The summed E-state index contributed by atoms with van der Waals surface area (Å²) in [5.41, 5.74) is 5.65. The Hall–Kier alpha value is -1.49. The van der Waals surface area contributed by atoms with Gasteiger partial charge in [-0.3, -0.25) is 4.79 Å². The van der Waals surface area contributed by atoms with Crippen molar-refractivity contribution in [1.29, 1.82) is 0 Å². The van der Waals surface area contributed by atoms with Crippen molar-refractivity contribution in [3.63, 3.8) is 0 Å². The topological polar surface area (TPSA) is 46.3 Å². The summed E-state index contributed by atoms with van der Waals surface area (Å²) in [5.74, 6) is -1.97. The highest BCUT2D eigenvalue weighted by atomic mass is 19.2. The molecular weight excluding hydrogens is 274 g/mol. The first-order valence-electron chi connectivity index (χ1n) is 7.56. The Morgan fingerprint density at radius 3 is 2.67 bits per heavy atom. The molecule has 1 aliphatic carbocycles. The van der Waals surface area contributed by atoms with E-state index >= 15 is 0 Å². The molecule has 0 bridgehead atoms. The van der Waals surface area contributed by atoms with Crippen LogP contribution in [-0.4, -0.2) is 29.9 Å². The zero-order valence-electron chi connectivity index (χ0n) is 12.2. The van der Waals surface area contributed by atoms with E-state index in [4.69, 9.17) is 5.73 Å². The minimum atomic E-state index is -0.920. The number of amides is 1. The molecule has 2 rings (SSSR count). The van der Waals surface area contributed by atoms with Gasteiger partial charge in [-0.15, -0.1) is 0 Å². The van der Waals surface area contributed by atoms with Crippen molar-refractivity contribution in [2.24, 2.45) is 5.73 Å². The molecule has 2 N–H and O–H groups in total. The Morgan fingerprint density at radius 1 is 1.29 bits per heavy atom. The van der Waals surface area contributed by atoms with Crippen LogP contribution >= 0.6 is 0 Å². The van der Waals surface area contributed by atoms with Gasteiger partial charge >= 0.3 is 0 Å². The molecule has 1 fully saturated rings. The molecule has 0 saturated heterocycles. The van der Waals surface area contributed by atoms with Crippen molar-refractivity contribution in [3.8, 4) is 0 Å². The standard InChI is InChI=1S/C16H22F2N2O/c17-14-8-3-5-12(16(14)18)11-15(21)20(10-4-9-19)13-6-1-2-7-13/h3,5,8,13H,1-2,4,6-7,9-11,19H2. The summed E-state index contributed by atoms with van der Waals surface area (Å²) in [6.07, 6.45) is 4.85. The average Bonchev–Trinajstić information content (AvgIpc) is 2.98. The molecular formula is C16H22F2N2O. The first kappa shape index (κ1) is 15.9. The third-order valence-electron chi connectivity index (χ3n) is 4.06. The fraction of sp³-hybridized carbons (Fsp3) is 0.562. The van der Waals surface area contributed by atoms with Crippen molar-refractivity contribution in [2.75, 3.05) is 13.1 Å². The van der Waals surface area contributed by atoms with Crippen molar-refractivity contribution < 1.29 is 13.6 Å². The predicted molar refractivity (Wildman–Crippen MR) is 77.7 cm³/mol. The van der Waals surface area contributed by atoms with E-state index in [-0.39, 0.29) is 23.9 Å². The van der Waals surface area contributed by atoms with E-state index in [0.717, 1.165) is 38.2 Å². The SMILES string of the molecule is NCCCN(C(=O)Cc1cccc(F)c1F)C1CCCC1. The number of halogens is 2. The van der Waals surface area contributed by atoms with Crippen LogP contribution in [0.5, 0.6) is 0 Å². The molecule has 0 atom stereocenters. The van der Waals surface area contributed by atoms with Gasteiger partial charge in [0.2, 0.25) is 5.91 Å². The second kappa shape index (κ2) is 7.50. The van der Waals surface area contributed by atoms with Gasteiger partial charge in [0.05, 0.1) is 6.42 Å². The molecule has 0 heterocycles. The predicted octanol–water partition coefficient (Wildman–Crippen LogP) is 2.63. The van der Waals surface area contributed by atoms with Crippen LogP contribution in [0, 0.1) is 11.6 Å². The molecule has 0 aromatic heterocycles.